The van der Waals surface area contributed by atoms with Crippen LogP contribution >= 0.6 is 0 Å². The lowest BCUT2D eigenvalue weighted by atomic mass is 9.96. The summed E-state index contributed by atoms with van der Waals surface area (Å²) in [6, 6.07) is -0.886. The fourth-order valence-electron chi connectivity index (χ4n) is 14.1. The van der Waals surface area contributed by atoms with Crippen molar-refractivity contribution >= 4 is 5.91 Å². The highest BCUT2D eigenvalue weighted by atomic mass is 16.8. The van der Waals surface area contributed by atoms with Gasteiger partial charge in [0.25, 0.3) is 0 Å². The molecule has 0 bridgehead atoms. The third-order valence-electron chi connectivity index (χ3n) is 20.7. The molecule has 0 aromatic rings. The number of allylic oxidation sites excluding steroid dienone is 8. The Hall–Kier alpha value is -2.25. The molecule has 1 amide bonds. The summed E-state index contributed by atoms with van der Waals surface area (Å²) in [5.74, 6) is -0.236. The van der Waals surface area contributed by atoms with Crippen LogP contribution in [0.15, 0.2) is 48.6 Å². The minimum atomic E-state index is -1.97. The van der Waals surface area contributed by atoms with Gasteiger partial charge in [0.2, 0.25) is 5.91 Å². The first-order chi connectivity index (χ1) is 49.3. The van der Waals surface area contributed by atoms with Gasteiger partial charge in [0.15, 0.2) is 18.9 Å². The van der Waals surface area contributed by atoms with E-state index in [1.165, 1.54) is 231 Å². The van der Waals surface area contributed by atoms with Crippen molar-refractivity contribution in [2.75, 3.05) is 26.4 Å². The second kappa shape index (κ2) is 62.8. The smallest absolute Gasteiger partial charge is 0.220 e. The van der Waals surface area contributed by atoms with Crippen LogP contribution in [0.2, 0.25) is 0 Å². The van der Waals surface area contributed by atoms with Gasteiger partial charge in [-0.3, -0.25) is 4.79 Å². The van der Waals surface area contributed by atoms with Crippen molar-refractivity contribution in [2.45, 2.75) is 439 Å². The Morgan fingerprint density at radius 3 is 1.07 bits per heavy atom. The molecule has 0 aromatic carbocycles. The number of carbonyl (C=O) groups is 1. The zero-order valence-electron chi connectivity index (χ0n) is 63.4. The summed E-state index contributed by atoms with van der Waals surface area (Å²) in [5.41, 5.74) is 0. The van der Waals surface area contributed by atoms with Crippen molar-refractivity contribution in [3.63, 3.8) is 0 Å². The van der Waals surface area contributed by atoms with Crippen LogP contribution < -0.4 is 5.32 Å². The minimum absolute atomic E-state index is 0.236. The summed E-state index contributed by atoms with van der Waals surface area (Å²) in [7, 11) is 0. The number of hydrogen-bond donors (Lipinski definition) is 12. The van der Waals surface area contributed by atoms with E-state index < -0.39 is 124 Å². The van der Waals surface area contributed by atoms with Gasteiger partial charge in [-0.1, -0.05) is 326 Å². The van der Waals surface area contributed by atoms with Crippen LogP contribution in [0.5, 0.6) is 0 Å². The zero-order valence-corrected chi connectivity index (χ0v) is 63.4. The predicted molar refractivity (Wildman–Crippen MR) is 402 cm³/mol. The number of hydrogen-bond acceptors (Lipinski definition) is 18. The van der Waals surface area contributed by atoms with E-state index in [2.05, 4.69) is 67.8 Å². The lowest BCUT2D eigenvalue weighted by Crippen LogP contribution is -2.66. The SMILES string of the molecule is CC/C=C\C/C=C\C/C=C\C/C=C\CCCCCCCCCCCCCCCCCCCCCCCCCCC(=O)NC(COC1OC(CO)C(OC2OC(CO)C(OC3OC(CO)C(O)C(O)C3O)C(O)C2O)C(O)C1O)C(O)CCCCCCCCCCCCCCCCCCCCC. The molecule has 19 nitrogen and oxygen atoms in total. The number of nitrogens with one attached hydrogen (secondary N) is 1. The van der Waals surface area contributed by atoms with Gasteiger partial charge in [0, 0.05) is 6.42 Å². The van der Waals surface area contributed by atoms with Gasteiger partial charge in [-0.25, -0.2) is 0 Å². The van der Waals surface area contributed by atoms with Crippen molar-refractivity contribution in [1.82, 2.24) is 5.32 Å². The topological polar surface area (TPSA) is 307 Å². The summed E-state index contributed by atoms with van der Waals surface area (Å²) < 4.78 is 34.5. The van der Waals surface area contributed by atoms with E-state index in [0.29, 0.717) is 12.8 Å². The Labute approximate surface area is 612 Å². The Bertz CT molecular complexity index is 2010. The average molecular weight is 1440 g/mol. The normalized spacial score (nSPS) is 26.5. The van der Waals surface area contributed by atoms with E-state index in [9.17, 15) is 61.0 Å². The monoisotopic (exact) mass is 1440 g/mol. The van der Waals surface area contributed by atoms with Crippen LogP contribution in [-0.2, 0) is 33.2 Å². The fraction of sp³-hybridized carbons (Fsp3) is 0.890. The maximum Gasteiger partial charge on any atom is 0.220 e. The van der Waals surface area contributed by atoms with Crippen LogP contribution in [0.3, 0.4) is 0 Å². The molecule has 3 saturated heterocycles. The van der Waals surface area contributed by atoms with Crippen molar-refractivity contribution < 1.29 is 89.4 Å². The number of amides is 1. The number of rotatable bonds is 66. The van der Waals surface area contributed by atoms with Gasteiger partial charge >= 0.3 is 0 Å². The van der Waals surface area contributed by atoms with Crippen LogP contribution in [-0.4, -0.2) is 193 Å². The van der Waals surface area contributed by atoms with Gasteiger partial charge in [-0.05, 0) is 51.4 Å². The Kier molecular flexibility index (Phi) is 57.8. The first kappa shape index (κ1) is 93.0. The minimum Gasteiger partial charge on any atom is -0.394 e. The fourth-order valence-corrected chi connectivity index (χ4v) is 14.1. The Morgan fingerprint density at radius 1 is 0.366 bits per heavy atom. The van der Waals surface area contributed by atoms with Crippen LogP contribution in [0.1, 0.15) is 335 Å². The maximum absolute atomic E-state index is 13.5. The summed E-state index contributed by atoms with van der Waals surface area (Å²) in [6.07, 6.45) is 52.1. The third kappa shape index (κ3) is 42.8. The molecule has 101 heavy (non-hydrogen) atoms. The summed E-state index contributed by atoms with van der Waals surface area (Å²) in [4.78, 5) is 13.5. The molecule has 3 aliphatic heterocycles. The van der Waals surface area contributed by atoms with E-state index in [0.717, 1.165) is 70.6 Å². The highest BCUT2D eigenvalue weighted by molar-refractivity contribution is 5.76. The molecule has 592 valence electrons. The zero-order chi connectivity index (χ0) is 73.2. The van der Waals surface area contributed by atoms with Gasteiger partial charge in [-0.2, -0.15) is 0 Å². The molecule has 17 atom stereocenters. The molecule has 3 heterocycles. The molecule has 3 fully saturated rings. The largest absolute Gasteiger partial charge is 0.394 e. The maximum atomic E-state index is 13.5. The Morgan fingerprint density at radius 2 is 0.683 bits per heavy atom. The predicted octanol–water partition coefficient (Wildman–Crippen LogP) is 14.1. The highest BCUT2D eigenvalue weighted by Gasteiger charge is 2.54. The van der Waals surface area contributed by atoms with E-state index in [4.69, 9.17) is 28.4 Å². The number of ether oxygens (including phenoxy) is 6. The lowest BCUT2D eigenvalue weighted by molar-refractivity contribution is -0.379. The molecular weight excluding hydrogens is 1290 g/mol. The van der Waals surface area contributed by atoms with Crippen LogP contribution in [0, 0.1) is 0 Å². The first-order valence-electron chi connectivity index (χ1n) is 41.4. The van der Waals surface area contributed by atoms with Crippen molar-refractivity contribution in [2.24, 2.45) is 0 Å². The molecule has 0 radical (unpaired) electrons. The Balaban J connectivity index is 1.31. The second-order valence-corrected chi connectivity index (χ2v) is 29.6. The third-order valence-corrected chi connectivity index (χ3v) is 20.7. The molecular formula is C82H151NO18. The molecule has 17 unspecified atom stereocenters. The van der Waals surface area contributed by atoms with Crippen molar-refractivity contribution in [3.05, 3.63) is 48.6 Å². The summed E-state index contributed by atoms with van der Waals surface area (Å²) >= 11 is 0. The van der Waals surface area contributed by atoms with Gasteiger partial charge < -0.3 is 89.9 Å². The van der Waals surface area contributed by atoms with Crippen molar-refractivity contribution in [3.8, 4) is 0 Å². The molecule has 0 aliphatic carbocycles. The molecule has 0 saturated carbocycles. The average Bonchev–Trinajstić information content (AvgIpc) is 0.789. The quantitative estimate of drug-likeness (QED) is 0.0199. The number of carbonyl (C=O) groups excluding carboxylic acids is 1. The molecule has 12 N–H and O–H groups in total. The highest BCUT2D eigenvalue weighted by Crippen LogP contribution is 2.33. The standard InChI is InChI=1S/C82H151NO18/c1-3-5-7-9-11-13-15-17-19-21-23-24-25-26-27-28-29-30-31-32-33-34-35-36-37-38-39-40-42-44-46-48-50-52-54-56-58-60-70(88)83-65(66(87)59-57-55-53-51-49-47-45-43-41-22-20-18-16-14-12-10-8-6-4-2)64-96-80-76(94)73(91)78(68(62-85)98-80)101-82-77(95)74(92)79(69(63-86)99-82)100-81-75(93)72(90)71(89)67(61-84)97-81/h5,7,11,13,17,19,23-24,65-69,71-82,84-87,89-95H,3-4,6,8-10,12,14-16,18,20-22,25-64H2,1-2H3,(H,83,88)/b7-5-,13-11-,19-17-,24-23-. The van der Waals surface area contributed by atoms with Gasteiger partial charge in [0.05, 0.1) is 38.6 Å². The summed E-state index contributed by atoms with van der Waals surface area (Å²) in [5, 5.41) is 121. The van der Waals surface area contributed by atoms with Crippen LogP contribution in [0.25, 0.3) is 0 Å². The van der Waals surface area contributed by atoms with Crippen molar-refractivity contribution in [1.29, 1.82) is 0 Å². The molecule has 0 aromatic heterocycles. The second-order valence-electron chi connectivity index (χ2n) is 29.6. The van der Waals surface area contributed by atoms with E-state index in [-0.39, 0.29) is 18.9 Å². The van der Waals surface area contributed by atoms with Gasteiger partial charge in [0.1, 0.15) is 73.2 Å². The molecule has 3 rings (SSSR count). The first-order valence-corrected chi connectivity index (χ1v) is 41.4. The lowest BCUT2D eigenvalue weighted by Gasteiger charge is -2.48. The van der Waals surface area contributed by atoms with E-state index in [1.54, 1.807) is 0 Å². The number of aliphatic hydroxyl groups is 11. The number of aliphatic hydroxyl groups excluding tert-OH is 11. The van der Waals surface area contributed by atoms with Crippen LogP contribution in [0.4, 0.5) is 0 Å². The molecule has 3 aliphatic rings. The molecule has 19 heteroatoms. The van der Waals surface area contributed by atoms with E-state index in [1.807, 2.05) is 0 Å². The number of unbranched alkanes of at least 4 members (excludes halogenated alkanes) is 42. The summed E-state index contributed by atoms with van der Waals surface area (Å²) in [6.45, 7) is 1.74. The van der Waals surface area contributed by atoms with Gasteiger partial charge in [-0.15, -0.1) is 0 Å². The van der Waals surface area contributed by atoms with E-state index >= 15 is 0 Å². The molecule has 0 spiro atoms.